The molecule has 0 unspecified atom stereocenters. The summed E-state index contributed by atoms with van der Waals surface area (Å²) >= 11 is 3.05. The maximum absolute atomic E-state index is 13.0. The number of benzene rings is 1. The Labute approximate surface area is 153 Å². The fourth-order valence-corrected chi connectivity index (χ4v) is 3.27. The topological polar surface area (TPSA) is 84.5 Å². The molecule has 1 fully saturated rings. The number of nitrogens with one attached hydrogen (secondary N) is 2. The normalized spacial score (nSPS) is 19.8. The maximum atomic E-state index is 13.0. The van der Waals surface area contributed by atoms with Crippen molar-refractivity contribution in [1.29, 1.82) is 0 Å². The quantitative estimate of drug-likeness (QED) is 0.741. The number of amides is 3. The van der Waals surface area contributed by atoms with E-state index in [9.17, 15) is 18.8 Å². The molecule has 25 heavy (non-hydrogen) atoms. The minimum absolute atomic E-state index is 0.0410. The summed E-state index contributed by atoms with van der Waals surface area (Å²) in [5.41, 5.74) is 0.0923. The van der Waals surface area contributed by atoms with E-state index in [1.54, 1.807) is 0 Å². The van der Waals surface area contributed by atoms with Crippen molar-refractivity contribution < 1.29 is 23.5 Å². The first-order valence-electron chi connectivity index (χ1n) is 8.09. The Kier molecular flexibility index (Phi) is 6.92. The van der Waals surface area contributed by atoms with E-state index >= 15 is 0 Å². The molecule has 2 atom stereocenters. The Morgan fingerprint density at radius 3 is 2.68 bits per heavy atom. The van der Waals surface area contributed by atoms with Crippen molar-refractivity contribution in [1.82, 2.24) is 10.6 Å². The zero-order chi connectivity index (χ0) is 18.4. The van der Waals surface area contributed by atoms with Gasteiger partial charge in [0.25, 0.3) is 5.91 Å². The lowest BCUT2D eigenvalue weighted by atomic mass is 9.86. The van der Waals surface area contributed by atoms with Crippen LogP contribution in [0.5, 0.6) is 0 Å². The molecule has 3 amide bonds. The Hall–Kier alpha value is -1.96. The van der Waals surface area contributed by atoms with Gasteiger partial charge in [0.1, 0.15) is 5.82 Å². The number of ether oxygens (including phenoxy) is 1. The molecule has 136 valence electrons. The Morgan fingerprint density at radius 1 is 1.28 bits per heavy atom. The third-order valence-electron chi connectivity index (χ3n) is 4.17. The molecule has 2 N–H and O–H groups in total. The largest absolute Gasteiger partial charge is 0.452 e. The van der Waals surface area contributed by atoms with Crippen LogP contribution in [0.4, 0.5) is 9.18 Å². The van der Waals surface area contributed by atoms with Gasteiger partial charge in [0.05, 0.1) is 5.56 Å². The van der Waals surface area contributed by atoms with E-state index < -0.39 is 30.3 Å². The molecule has 1 aliphatic rings. The summed E-state index contributed by atoms with van der Waals surface area (Å²) in [6.45, 7) is 1.46. The van der Waals surface area contributed by atoms with E-state index in [2.05, 4.69) is 33.5 Å². The lowest BCUT2D eigenvalue weighted by molar-refractivity contribution is -0.123. The van der Waals surface area contributed by atoms with Crippen molar-refractivity contribution in [2.24, 2.45) is 5.92 Å². The zero-order valence-corrected chi connectivity index (χ0v) is 15.4. The average Bonchev–Trinajstić information content (AvgIpc) is 2.54. The predicted molar refractivity (Wildman–Crippen MR) is 92.5 cm³/mol. The number of imide groups is 1. The SMILES string of the molecule is C[C@H]1CCCC[C@H]1NC(=O)NC(=O)COC(=O)c1ccc(F)cc1Br. The van der Waals surface area contributed by atoms with Crippen molar-refractivity contribution in [3.8, 4) is 0 Å². The number of carbonyl (C=O) groups is 3. The fraction of sp³-hybridized carbons (Fsp3) is 0.471. The molecule has 0 radical (unpaired) electrons. The van der Waals surface area contributed by atoms with Crippen molar-refractivity contribution in [3.05, 3.63) is 34.1 Å². The van der Waals surface area contributed by atoms with E-state index in [-0.39, 0.29) is 16.1 Å². The molecule has 1 aromatic rings. The molecule has 0 heterocycles. The molecule has 1 aromatic carbocycles. The lowest BCUT2D eigenvalue weighted by Crippen LogP contribution is -2.48. The molecule has 6 nitrogen and oxygen atoms in total. The number of carbonyl (C=O) groups excluding carboxylic acids is 3. The number of rotatable bonds is 4. The third-order valence-corrected chi connectivity index (χ3v) is 4.82. The van der Waals surface area contributed by atoms with Crippen molar-refractivity contribution >= 4 is 33.8 Å². The number of hydrogen-bond donors (Lipinski definition) is 2. The van der Waals surface area contributed by atoms with Crippen LogP contribution in [0, 0.1) is 11.7 Å². The molecule has 0 spiro atoms. The van der Waals surface area contributed by atoms with Gasteiger partial charge >= 0.3 is 12.0 Å². The number of urea groups is 1. The highest BCUT2D eigenvalue weighted by atomic mass is 79.9. The standard InChI is InChI=1S/C17H20BrFN2O4/c1-10-4-2-3-5-14(10)20-17(24)21-15(22)9-25-16(23)12-7-6-11(19)8-13(12)18/h6-8,10,14H,2-5,9H2,1H3,(H2,20,21,22,24)/t10-,14+/m0/s1. The average molecular weight is 415 g/mol. The van der Waals surface area contributed by atoms with Gasteiger partial charge in [-0.2, -0.15) is 0 Å². The van der Waals surface area contributed by atoms with Crippen LogP contribution in [0.3, 0.4) is 0 Å². The summed E-state index contributed by atoms with van der Waals surface area (Å²) in [6, 6.07) is 2.92. The first kappa shape index (κ1) is 19.4. The van der Waals surface area contributed by atoms with Crippen LogP contribution in [0.25, 0.3) is 0 Å². The summed E-state index contributed by atoms with van der Waals surface area (Å²) in [4.78, 5) is 35.4. The maximum Gasteiger partial charge on any atom is 0.339 e. The van der Waals surface area contributed by atoms with Gasteiger partial charge in [-0.15, -0.1) is 0 Å². The minimum Gasteiger partial charge on any atom is -0.452 e. The number of esters is 1. The van der Waals surface area contributed by atoms with Crippen molar-refractivity contribution in [2.75, 3.05) is 6.61 Å². The van der Waals surface area contributed by atoms with Crippen LogP contribution in [0.15, 0.2) is 22.7 Å². The second kappa shape index (κ2) is 8.94. The molecule has 0 saturated heterocycles. The van der Waals surface area contributed by atoms with Crippen molar-refractivity contribution in [3.63, 3.8) is 0 Å². The summed E-state index contributed by atoms with van der Waals surface area (Å²) < 4.78 is 18.1. The van der Waals surface area contributed by atoms with E-state index in [4.69, 9.17) is 4.74 Å². The van der Waals surface area contributed by atoms with E-state index in [1.165, 1.54) is 6.07 Å². The Morgan fingerprint density at radius 2 is 2.00 bits per heavy atom. The van der Waals surface area contributed by atoms with Gasteiger partial charge in [0, 0.05) is 10.5 Å². The molecular weight excluding hydrogens is 395 g/mol. The molecule has 0 aliphatic heterocycles. The first-order valence-corrected chi connectivity index (χ1v) is 8.88. The second-order valence-electron chi connectivity index (χ2n) is 6.09. The highest BCUT2D eigenvalue weighted by Gasteiger charge is 2.23. The van der Waals surface area contributed by atoms with Crippen LogP contribution in [0.1, 0.15) is 43.0 Å². The smallest absolute Gasteiger partial charge is 0.339 e. The van der Waals surface area contributed by atoms with Gasteiger partial charge in [-0.3, -0.25) is 10.1 Å². The van der Waals surface area contributed by atoms with E-state index in [0.717, 1.165) is 37.8 Å². The third kappa shape index (κ3) is 5.81. The van der Waals surface area contributed by atoms with Crippen LogP contribution >= 0.6 is 15.9 Å². The number of hydrogen-bond acceptors (Lipinski definition) is 4. The fourth-order valence-electron chi connectivity index (χ4n) is 2.76. The van der Waals surface area contributed by atoms with Crippen LogP contribution in [0.2, 0.25) is 0 Å². The highest BCUT2D eigenvalue weighted by molar-refractivity contribution is 9.10. The van der Waals surface area contributed by atoms with Crippen LogP contribution < -0.4 is 10.6 Å². The molecule has 1 aliphatic carbocycles. The summed E-state index contributed by atoms with van der Waals surface area (Å²) in [5, 5.41) is 4.91. The van der Waals surface area contributed by atoms with Gasteiger partial charge in [0.15, 0.2) is 6.61 Å². The van der Waals surface area contributed by atoms with Gasteiger partial charge in [0.2, 0.25) is 0 Å². The number of halogens is 2. The minimum atomic E-state index is -0.789. The van der Waals surface area contributed by atoms with Gasteiger partial charge in [-0.1, -0.05) is 19.8 Å². The molecule has 0 aromatic heterocycles. The van der Waals surface area contributed by atoms with E-state index in [1.807, 2.05) is 0 Å². The predicted octanol–water partition coefficient (Wildman–Crippen LogP) is 3.15. The molecule has 0 bridgehead atoms. The van der Waals surface area contributed by atoms with Crippen molar-refractivity contribution in [2.45, 2.75) is 38.6 Å². The Bertz CT molecular complexity index is 668. The molecule has 1 saturated carbocycles. The Balaban J connectivity index is 1.77. The van der Waals surface area contributed by atoms with Gasteiger partial charge in [-0.25, -0.2) is 14.0 Å². The highest BCUT2D eigenvalue weighted by Crippen LogP contribution is 2.23. The van der Waals surface area contributed by atoms with Gasteiger partial charge < -0.3 is 10.1 Å². The zero-order valence-electron chi connectivity index (χ0n) is 13.8. The van der Waals surface area contributed by atoms with Crippen LogP contribution in [-0.4, -0.2) is 30.6 Å². The molecule has 8 heteroatoms. The second-order valence-corrected chi connectivity index (χ2v) is 6.94. The molecular formula is C17H20BrFN2O4. The summed E-state index contributed by atoms with van der Waals surface area (Å²) in [6.07, 6.45) is 4.13. The van der Waals surface area contributed by atoms with Gasteiger partial charge in [-0.05, 0) is 52.9 Å². The van der Waals surface area contributed by atoms with E-state index in [0.29, 0.717) is 5.92 Å². The summed E-state index contributed by atoms with van der Waals surface area (Å²) in [7, 11) is 0. The monoisotopic (exact) mass is 414 g/mol. The summed E-state index contributed by atoms with van der Waals surface area (Å²) in [5.74, 6) is -1.66. The van der Waals surface area contributed by atoms with Crippen LogP contribution in [-0.2, 0) is 9.53 Å². The molecule has 2 rings (SSSR count). The lowest BCUT2D eigenvalue weighted by Gasteiger charge is -2.29. The first-order chi connectivity index (χ1) is 11.9.